The van der Waals surface area contributed by atoms with Crippen LogP contribution in [0.15, 0.2) is 41.3 Å². The number of nitrogens with one attached hydrogen (secondary N) is 2. The average molecular weight is 538 g/mol. The molecule has 37 heavy (non-hydrogen) atoms. The summed E-state index contributed by atoms with van der Waals surface area (Å²) in [5.74, 6) is 0.0663. The van der Waals surface area contributed by atoms with E-state index in [0.717, 1.165) is 9.87 Å². The molecule has 2 aromatic rings. The lowest BCUT2D eigenvalue weighted by molar-refractivity contribution is -0.139. The van der Waals surface area contributed by atoms with Gasteiger partial charge in [0.15, 0.2) is 23.0 Å². The fourth-order valence-corrected chi connectivity index (χ4v) is 5.28. The van der Waals surface area contributed by atoms with Gasteiger partial charge in [-0.2, -0.15) is 4.31 Å². The van der Waals surface area contributed by atoms with E-state index < -0.39 is 28.1 Å². The maximum Gasteiger partial charge on any atom is 0.309 e. The van der Waals surface area contributed by atoms with Crippen LogP contribution in [0.25, 0.3) is 0 Å². The van der Waals surface area contributed by atoms with E-state index in [9.17, 15) is 18.0 Å². The number of methoxy groups -OCH3 is 4. The molecule has 1 saturated heterocycles. The molecule has 0 spiro atoms. The van der Waals surface area contributed by atoms with E-state index in [1.807, 2.05) is 6.07 Å². The summed E-state index contributed by atoms with van der Waals surface area (Å²) in [5.41, 5.74) is 0.883. The number of carbonyl (C=O) groups excluding carboxylic acids is 2. The summed E-state index contributed by atoms with van der Waals surface area (Å²) in [6.45, 7) is 0.245. The van der Waals surface area contributed by atoms with Crippen LogP contribution in [0.4, 0.5) is 0 Å². The normalized spacial score (nSPS) is 15.6. The minimum atomic E-state index is -3.97. The van der Waals surface area contributed by atoms with Gasteiger partial charge in [0, 0.05) is 19.2 Å². The number of hydrogen-bond acceptors (Lipinski definition) is 9. The van der Waals surface area contributed by atoms with E-state index in [0.29, 0.717) is 23.7 Å². The Morgan fingerprint density at radius 1 is 0.892 bits per heavy atom. The summed E-state index contributed by atoms with van der Waals surface area (Å²) in [7, 11) is 1.96. The molecule has 1 atom stereocenters. The van der Waals surface area contributed by atoms with Crippen molar-refractivity contribution in [3.63, 3.8) is 0 Å². The summed E-state index contributed by atoms with van der Waals surface area (Å²) < 4.78 is 53.8. The van der Waals surface area contributed by atoms with Gasteiger partial charge in [0.2, 0.25) is 10.0 Å². The molecule has 202 valence electrons. The highest BCUT2D eigenvalue weighted by Gasteiger charge is 2.37. The molecular formula is C24H31N3O9S. The number of sulfonamides is 1. The highest BCUT2D eigenvalue weighted by atomic mass is 32.2. The number of carbonyl (C=O) groups is 2. The molecule has 0 aromatic heterocycles. The van der Waals surface area contributed by atoms with Crippen LogP contribution in [-0.4, -0.2) is 85.4 Å². The first kappa shape index (κ1) is 28.0. The second-order valence-electron chi connectivity index (χ2n) is 7.86. The molecule has 0 saturated carbocycles. The second-order valence-corrected chi connectivity index (χ2v) is 9.75. The van der Waals surface area contributed by atoms with Crippen LogP contribution in [0.3, 0.4) is 0 Å². The summed E-state index contributed by atoms with van der Waals surface area (Å²) in [6, 6.07) is 9.62. The minimum Gasteiger partial charge on any atom is -0.493 e. The zero-order chi connectivity index (χ0) is 27.0. The van der Waals surface area contributed by atoms with Crippen LogP contribution in [-0.2, 0) is 30.8 Å². The lowest BCUT2D eigenvalue weighted by Gasteiger charge is -2.23. The highest BCUT2D eigenvalue weighted by Crippen LogP contribution is 2.32. The van der Waals surface area contributed by atoms with Crippen molar-refractivity contribution >= 4 is 21.8 Å². The molecule has 2 aromatic carbocycles. The third-order valence-corrected chi connectivity index (χ3v) is 7.58. The quantitative estimate of drug-likeness (QED) is 0.393. The maximum atomic E-state index is 13.2. The Bertz CT molecular complexity index is 1220. The van der Waals surface area contributed by atoms with Crippen LogP contribution in [0, 0.1) is 0 Å². The molecule has 0 aliphatic carbocycles. The van der Waals surface area contributed by atoms with Gasteiger partial charge in [-0.15, -0.1) is 0 Å². The van der Waals surface area contributed by atoms with Gasteiger partial charge in [-0.25, -0.2) is 8.42 Å². The Kier molecular flexibility index (Phi) is 9.55. The number of nitrogens with zero attached hydrogens (tertiary/aromatic N) is 1. The van der Waals surface area contributed by atoms with Crippen molar-refractivity contribution in [2.24, 2.45) is 0 Å². The standard InChI is InChI=1S/C24H31N3O9S/c1-32-18-7-5-16(13-20(18)34-3)9-10-25-23(28)24(29)26-15-22-27(11-12-36-22)37(30,31)17-6-8-19(33-2)21(14-17)35-4/h5-8,13-14,22H,9-12,15H2,1-4H3,(H,25,28)(H,26,29)/t22-/m1/s1. The smallest absolute Gasteiger partial charge is 0.309 e. The van der Waals surface area contributed by atoms with Crippen LogP contribution in [0.1, 0.15) is 5.56 Å². The maximum absolute atomic E-state index is 13.2. The van der Waals surface area contributed by atoms with Gasteiger partial charge < -0.3 is 34.3 Å². The third-order valence-electron chi connectivity index (χ3n) is 5.70. The van der Waals surface area contributed by atoms with Gasteiger partial charge in [0.05, 0.1) is 46.5 Å². The molecular weight excluding hydrogens is 506 g/mol. The van der Waals surface area contributed by atoms with Crippen molar-refractivity contribution in [3.8, 4) is 23.0 Å². The predicted octanol–water partition coefficient (Wildman–Crippen LogP) is 0.543. The molecule has 1 heterocycles. The van der Waals surface area contributed by atoms with Crippen LogP contribution < -0.4 is 29.6 Å². The Morgan fingerprint density at radius 3 is 2.14 bits per heavy atom. The third kappa shape index (κ3) is 6.61. The first-order valence-electron chi connectivity index (χ1n) is 11.4. The van der Waals surface area contributed by atoms with E-state index in [2.05, 4.69) is 10.6 Å². The van der Waals surface area contributed by atoms with Gasteiger partial charge in [-0.3, -0.25) is 9.59 Å². The Morgan fingerprint density at radius 2 is 1.49 bits per heavy atom. The SMILES string of the molecule is COc1ccc(CCNC(=O)C(=O)NC[C@H]2OCCN2S(=O)(=O)c2ccc(OC)c(OC)c2)cc1OC. The first-order valence-corrected chi connectivity index (χ1v) is 12.8. The molecule has 1 aliphatic heterocycles. The summed E-state index contributed by atoms with van der Waals surface area (Å²) >= 11 is 0. The lowest BCUT2D eigenvalue weighted by atomic mass is 10.1. The van der Waals surface area contributed by atoms with Gasteiger partial charge in [-0.05, 0) is 36.2 Å². The highest BCUT2D eigenvalue weighted by molar-refractivity contribution is 7.89. The number of hydrogen-bond donors (Lipinski definition) is 2. The largest absolute Gasteiger partial charge is 0.493 e. The molecule has 12 nitrogen and oxygen atoms in total. The van der Waals surface area contributed by atoms with Crippen molar-refractivity contribution in [3.05, 3.63) is 42.0 Å². The van der Waals surface area contributed by atoms with Crippen molar-refractivity contribution < 1.29 is 41.7 Å². The monoisotopic (exact) mass is 537 g/mol. The molecule has 2 amide bonds. The minimum absolute atomic E-state index is 0.0140. The summed E-state index contributed by atoms with van der Waals surface area (Å²) in [5, 5.41) is 4.98. The van der Waals surface area contributed by atoms with Gasteiger partial charge in [0.1, 0.15) is 6.23 Å². The van der Waals surface area contributed by atoms with Crippen molar-refractivity contribution in [2.45, 2.75) is 17.5 Å². The lowest BCUT2D eigenvalue weighted by Crippen LogP contribution is -2.47. The summed E-state index contributed by atoms with van der Waals surface area (Å²) in [4.78, 5) is 24.5. The van der Waals surface area contributed by atoms with Crippen molar-refractivity contribution in [1.29, 1.82) is 0 Å². The van der Waals surface area contributed by atoms with Crippen molar-refractivity contribution in [2.75, 3.05) is 54.7 Å². The molecule has 2 N–H and O–H groups in total. The topological polar surface area (TPSA) is 142 Å². The number of rotatable bonds is 11. The van der Waals surface area contributed by atoms with E-state index in [-0.39, 0.29) is 36.9 Å². The number of amides is 2. The van der Waals surface area contributed by atoms with Gasteiger partial charge in [0.25, 0.3) is 0 Å². The Balaban J connectivity index is 1.54. The first-order chi connectivity index (χ1) is 17.7. The van der Waals surface area contributed by atoms with Gasteiger partial charge in [-0.1, -0.05) is 6.07 Å². The molecule has 3 rings (SSSR count). The Labute approximate surface area is 215 Å². The molecule has 1 fully saturated rings. The fraction of sp³-hybridized carbons (Fsp3) is 0.417. The summed E-state index contributed by atoms with van der Waals surface area (Å²) in [6.07, 6.45) is -0.510. The Hall–Kier alpha value is -3.55. The average Bonchev–Trinajstić information content (AvgIpc) is 3.40. The zero-order valence-corrected chi connectivity index (χ0v) is 21.9. The molecule has 0 unspecified atom stereocenters. The van der Waals surface area contributed by atoms with Gasteiger partial charge >= 0.3 is 11.8 Å². The predicted molar refractivity (Wildman–Crippen MR) is 132 cm³/mol. The number of ether oxygens (including phenoxy) is 5. The van der Waals surface area contributed by atoms with E-state index in [4.69, 9.17) is 23.7 Å². The van der Waals surface area contributed by atoms with Crippen LogP contribution in [0.2, 0.25) is 0 Å². The van der Waals surface area contributed by atoms with E-state index in [1.165, 1.54) is 46.6 Å². The van der Waals surface area contributed by atoms with Crippen LogP contribution in [0.5, 0.6) is 23.0 Å². The fourth-order valence-electron chi connectivity index (χ4n) is 3.75. The molecule has 13 heteroatoms. The van der Waals surface area contributed by atoms with Crippen molar-refractivity contribution in [1.82, 2.24) is 14.9 Å². The molecule has 1 aliphatic rings. The van der Waals surface area contributed by atoms with E-state index in [1.54, 1.807) is 12.1 Å². The number of benzene rings is 2. The second kappa shape index (κ2) is 12.6. The molecule has 0 radical (unpaired) electrons. The zero-order valence-electron chi connectivity index (χ0n) is 21.1. The van der Waals surface area contributed by atoms with E-state index >= 15 is 0 Å². The molecule has 0 bridgehead atoms. The van der Waals surface area contributed by atoms with Crippen LogP contribution >= 0.6 is 0 Å².